The van der Waals surface area contributed by atoms with E-state index in [1.807, 2.05) is 30.3 Å². The molecule has 1 heterocycles. The molecule has 1 atom stereocenters. The van der Waals surface area contributed by atoms with Gasteiger partial charge in [-0.2, -0.15) is 0 Å². The Morgan fingerprint density at radius 3 is 2.57 bits per heavy atom. The Morgan fingerprint density at radius 1 is 0.929 bits per heavy atom. The molecule has 28 heavy (non-hydrogen) atoms. The lowest BCUT2D eigenvalue weighted by molar-refractivity contribution is 0.0934. The summed E-state index contributed by atoms with van der Waals surface area (Å²) in [6.07, 6.45) is -0.404. The third-order valence-electron chi connectivity index (χ3n) is 4.40. The minimum Gasteiger partial charge on any atom is -0.361 e. The van der Waals surface area contributed by atoms with Crippen molar-refractivity contribution in [3.05, 3.63) is 93.5 Å². The highest BCUT2D eigenvalue weighted by Crippen LogP contribution is 2.28. The quantitative estimate of drug-likeness (QED) is 0.561. The lowest BCUT2D eigenvalue weighted by atomic mass is 10.1. The molecule has 140 valence electrons. The Balaban J connectivity index is 1.55. The van der Waals surface area contributed by atoms with Crippen LogP contribution < -0.4 is 16.0 Å². The highest BCUT2D eigenvalue weighted by atomic mass is 35.5. The fourth-order valence-corrected chi connectivity index (χ4v) is 3.54. The smallest absolute Gasteiger partial charge is 0.257 e. The van der Waals surface area contributed by atoms with E-state index in [-0.39, 0.29) is 16.8 Å². The maximum absolute atomic E-state index is 12.5. The third kappa shape index (κ3) is 3.67. The Morgan fingerprint density at radius 2 is 1.75 bits per heavy atom. The first-order valence-electron chi connectivity index (χ1n) is 8.54. The lowest BCUT2D eigenvalue weighted by Gasteiger charge is -2.28. The second kappa shape index (κ2) is 7.54. The molecule has 0 saturated heterocycles. The molecule has 0 saturated carbocycles. The molecule has 3 aromatic rings. The number of para-hydroxylation sites is 1. The van der Waals surface area contributed by atoms with E-state index < -0.39 is 6.17 Å². The Kier molecular flexibility index (Phi) is 4.94. The number of amides is 2. The summed E-state index contributed by atoms with van der Waals surface area (Å²) in [6.45, 7) is 0. The molecule has 0 aliphatic carbocycles. The molecule has 0 radical (unpaired) electrons. The average molecular weight is 412 g/mol. The van der Waals surface area contributed by atoms with E-state index in [0.29, 0.717) is 21.8 Å². The van der Waals surface area contributed by atoms with E-state index in [9.17, 15) is 9.59 Å². The predicted octanol–water partition coefficient (Wildman–Crippen LogP) is 5.10. The molecule has 0 unspecified atom stereocenters. The van der Waals surface area contributed by atoms with E-state index >= 15 is 0 Å². The van der Waals surface area contributed by atoms with Gasteiger partial charge < -0.3 is 16.0 Å². The van der Waals surface area contributed by atoms with Crippen LogP contribution in [0, 0.1) is 0 Å². The number of hydrogen-bond acceptors (Lipinski definition) is 3. The van der Waals surface area contributed by atoms with Gasteiger partial charge in [0.1, 0.15) is 6.17 Å². The topological polar surface area (TPSA) is 70.2 Å². The number of hydrogen-bond donors (Lipinski definition) is 3. The first kappa shape index (κ1) is 18.3. The summed E-state index contributed by atoms with van der Waals surface area (Å²) < 4.78 is 0. The van der Waals surface area contributed by atoms with Crippen molar-refractivity contribution in [3.8, 4) is 0 Å². The Hall–Kier alpha value is -3.02. The van der Waals surface area contributed by atoms with Crippen molar-refractivity contribution >= 4 is 46.4 Å². The minimum absolute atomic E-state index is 0.151. The monoisotopic (exact) mass is 411 g/mol. The second-order valence-corrected chi connectivity index (χ2v) is 7.14. The number of fused-ring (bicyclic) bond motifs is 1. The number of nitrogens with one attached hydrogen (secondary N) is 3. The molecule has 0 fully saturated rings. The number of rotatable bonds is 3. The van der Waals surface area contributed by atoms with E-state index in [1.165, 1.54) is 6.07 Å². The zero-order chi connectivity index (χ0) is 19.7. The highest BCUT2D eigenvalue weighted by molar-refractivity contribution is 6.37. The summed E-state index contributed by atoms with van der Waals surface area (Å²) in [5.41, 5.74) is 3.08. The molecule has 3 aromatic carbocycles. The van der Waals surface area contributed by atoms with E-state index in [1.54, 1.807) is 30.3 Å². The van der Waals surface area contributed by atoms with E-state index in [0.717, 1.165) is 11.3 Å². The van der Waals surface area contributed by atoms with Crippen LogP contribution in [0.3, 0.4) is 0 Å². The molecule has 1 aliphatic rings. The van der Waals surface area contributed by atoms with E-state index in [4.69, 9.17) is 23.2 Å². The van der Waals surface area contributed by atoms with Crippen LogP contribution >= 0.6 is 23.2 Å². The number of anilines is 2. The molecule has 0 spiro atoms. The van der Waals surface area contributed by atoms with Gasteiger partial charge in [0.05, 0.1) is 16.1 Å². The van der Waals surface area contributed by atoms with E-state index in [2.05, 4.69) is 16.0 Å². The molecule has 0 aromatic heterocycles. The van der Waals surface area contributed by atoms with Crippen molar-refractivity contribution in [3.63, 3.8) is 0 Å². The number of carbonyl (C=O) groups excluding carboxylic acids is 2. The number of benzene rings is 3. The maximum atomic E-state index is 12.5. The van der Waals surface area contributed by atoms with Gasteiger partial charge in [-0.1, -0.05) is 47.5 Å². The van der Waals surface area contributed by atoms with Crippen LogP contribution in [-0.2, 0) is 0 Å². The van der Waals surface area contributed by atoms with Gasteiger partial charge in [0.2, 0.25) is 0 Å². The fraction of sp³-hybridized carbons (Fsp3) is 0.0476. The lowest BCUT2D eigenvalue weighted by Crippen LogP contribution is -2.38. The zero-order valence-electron chi connectivity index (χ0n) is 14.5. The molecule has 1 aliphatic heterocycles. The van der Waals surface area contributed by atoms with Gasteiger partial charge in [0.25, 0.3) is 11.8 Å². The fourth-order valence-electron chi connectivity index (χ4n) is 3.04. The third-order valence-corrected chi connectivity index (χ3v) is 4.95. The first-order chi connectivity index (χ1) is 13.5. The van der Waals surface area contributed by atoms with Gasteiger partial charge in [-0.15, -0.1) is 0 Å². The Bertz CT molecular complexity index is 1080. The van der Waals surface area contributed by atoms with Gasteiger partial charge in [0.15, 0.2) is 0 Å². The molecular formula is C21H15Cl2N3O2. The first-order valence-corrected chi connectivity index (χ1v) is 9.29. The van der Waals surface area contributed by atoms with Crippen LogP contribution in [0.15, 0.2) is 66.7 Å². The second-order valence-electron chi connectivity index (χ2n) is 6.30. The summed E-state index contributed by atoms with van der Waals surface area (Å²) >= 11 is 12.0. The van der Waals surface area contributed by atoms with Gasteiger partial charge in [-0.3, -0.25) is 9.59 Å². The van der Waals surface area contributed by atoms with Crippen LogP contribution in [0.2, 0.25) is 10.0 Å². The van der Waals surface area contributed by atoms with Crippen molar-refractivity contribution < 1.29 is 9.59 Å². The van der Waals surface area contributed by atoms with Gasteiger partial charge in [0, 0.05) is 16.4 Å². The van der Waals surface area contributed by atoms with Crippen molar-refractivity contribution in [1.82, 2.24) is 5.32 Å². The van der Waals surface area contributed by atoms with Gasteiger partial charge in [-0.05, 0) is 48.0 Å². The molecule has 7 heteroatoms. The van der Waals surface area contributed by atoms with Crippen LogP contribution in [-0.4, -0.2) is 11.8 Å². The van der Waals surface area contributed by atoms with Gasteiger partial charge in [-0.25, -0.2) is 0 Å². The molecule has 2 amide bonds. The van der Waals surface area contributed by atoms with Gasteiger partial charge >= 0.3 is 0 Å². The molecule has 4 rings (SSSR count). The van der Waals surface area contributed by atoms with Crippen LogP contribution in [0.25, 0.3) is 0 Å². The number of carbonyl (C=O) groups is 2. The molecule has 3 N–H and O–H groups in total. The van der Waals surface area contributed by atoms with Crippen molar-refractivity contribution in [2.45, 2.75) is 6.17 Å². The minimum atomic E-state index is -0.404. The summed E-state index contributed by atoms with van der Waals surface area (Å²) in [6, 6.07) is 19.3. The van der Waals surface area contributed by atoms with Crippen LogP contribution in [0.4, 0.5) is 11.4 Å². The van der Waals surface area contributed by atoms with Crippen LogP contribution in [0.1, 0.15) is 32.4 Å². The summed E-state index contributed by atoms with van der Waals surface area (Å²) in [5.74, 6) is -0.494. The average Bonchev–Trinajstić information content (AvgIpc) is 2.68. The Labute approximate surface area is 171 Å². The standard InChI is InChI=1S/C21H15Cl2N3O2/c22-13-8-9-15(17(23)11-13)20(27)24-14-5-3-4-12(10-14)19-25-18-7-2-1-6-16(18)21(28)26-19/h1-11,19,25H,(H,24,27)(H,26,28)/t19-/m0/s1. The van der Waals surface area contributed by atoms with Crippen LogP contribution in [0.5, 0.6) is 0 Å². The maximum Gasteiger partial charge on any atom is 0.257 e. The molecule has 5 nitrogen and oxygen atoms in total. The normalized spacial score (nSPS) is 15.2. The predicted molar refractivity (Wildman–Crippen MR) is 111 cm³/mol. The van der Waals surface area contributed by atoms with Crippen molar-refractivity contribution in [1.29, 1.82) is 0 Å². The largest absolute Gasteiger partial charge is 0.361 e. The summed E-state index contributed by atoms with van der Waals surface area (Å²) in [7, 11) is 0. The van der Waals surface area contributed by atoms with Crippen molar-refractivity contribution in [2.75, 3.05) is 10.6 Å². The zero-order valence-corrected chi connectivity index (χ0v) is 16.0. The SMILES string of the molecule is O=C(Nc1cccc([C@@H]2NC(=O)c3ccccc3N2)c1)c1ccc(Cl)cc1Cl. The number of halogens is 2. The molecule has 0 bridgehead atoms. The van der Waals surface area contributed by atoms with Crippen molar-refractivity contribution in [2.24, 2.45) is 0 Å². The molecular weight excluding hydrogens is 397 g/mol. The summed E-state index contributed by atoms with van der Waals surface area (Å²) in [4.78, 5) is 24.9. The highest BCUT2D eigenvalue weighted by Gasteiger charge is 2.24. The summed E-state index contributed by atoms with van der Waals surface area (Å²) in [5, 5.41) is 9.77.